The highest BCUT2D eigenvalue weighted by Gasteiger charge is 2.18. The average Bonchev–Trinajstić information content (AvgIpc) is 2.39. The van der Waals surface area contributed by atoms with Gasteiger partial charge in [-0.25, -0.2) is 0 Å². The second-order valence-corrected chi connectivity index (χ2v) is 4.86. The Morgan fingerprint density at radius 2 is 1.74 bits per heavy atom. The first kappa shape index (κ1) is 15.2. The number of hydrogen-bond acceptors (Lipinski definition) is 2. The van der Waals surface area contributed by atoms with Gasteiger partial charge in [0.25, 0.3) is 0 Å². The Balaban J connectivity index is 2.55. The molecule has 1 rings (SSSR count). The van der Waals surface area contributed by atoms with Crippen LogP contribution in [0.15, 0.2) is 24.3 Å². The highest BCUT2D eigenvalue weighted by molar-refractivity contribution is 5.81. The molecule has 1 atom stereocenters. The molecule has 4 heteroatoms. The predicted octanol–water partition coefficient (Wildman–Crippen LogP) is 2.32. The Kier molecular flexibility index (Phi) is 5.55. The molecule has 1 unspecified atom stereocenters. The van der Waals surface area contributed by atoms with E-state index < -0.39 is 11.9 Å². The van der Waals surface area contributed by atoms with Gasteiger partial charge in [-0.15, -0.1) is 0 Å². The largest absolute Gasteiger partial charge is 0.481 e. The van der Waals surface area contributed by atoms with E-state index in [1.807, 2.05) is 24.3 Å². The topological polar surface area (TPSA) is 57.6 Å². The van der Waals surface area contributed by atoms with Crippen LogP contribution in [0.5, 0.6) is 0 Å². The molecular weight excluding hydrogens is 242 g/mol. The fourth-order valence-corrected chi connectivity index (χ4v) is 1.75. The molecule has 0 saturated heterocycles. The van der Waals surface area contributed by atoms with Gasteiger partial charge in [0.05, 0.1) is 5.92 Å². The third-order valence-corrected chi connectivity index (χ3v) is 3.18. The molecular formula is C15H21NO3. The first-order chi connectivity index (χ1) is 8.93. The lowest BCUT2D eigenvalue weighted by atomic mass is 10.1. The third kappa shape index (κ3) is 4.73. The summed E-state index contributed by atoms with van der Waals surface area (Å²) in [5.41, 5.74) is 2.31. The normalized spacial score (nSPS) is 11.9. The van der Waals surface area contributed by atoms with Gasteiger partial charge >= 0.3 is 5.97 Å². The van der Waals surface area contributed by atoms with E-state index in [1.165, 1.54) is 5.56 Å². The minimum Gasteiger partial charge on any atom is -0.481 e. The molecule has 104 valence electrons. The maximum atomic E-state index is 11.8. The van der Waals surface area contributed by atoms with Gasteiger partial charge < -0.3 is 10.0 Å². The monoisotopic (exact) mass is 263 g/mol. The second kappa shape index (κ2) is 6.92. The molecule has 0 aliphatic heterocycles. The minimum absolute atomic E-state index is 0.0406. The number of nitrogens with zero attached hydrogens (tertiary/aromatic N) is 1. The van der Waals surface area contributed by atoms with Crippen LogP contribution >= 0.6 is 0 Å². The Morgan fingerprint density at radius 1 is 1.21 bits per heavy atom. The van der Waals surface area contributed by atoms with E-state index in [9.17, 15) is 9.59 Å². The van der Waals surface area contributed by atoms with Crippen LogP contribution in [0.3, 0.4) is 0 Å². The number of amides is 1. The summed E-state index contributed by atoms with van der Waals surface area (Å²) in [4.78, 5) is 24.1. The van der Waals surface area contributed by atoms with Crippen molar-refractivity contribution in [3.05, 3.63) is 35.4 Å². The lowest BCUT2D eigenvalue weighted by Crippen LogP contribution is -2.29. The van der Waals surface area contributed by atoms with Crippen molar-refractivity contribution in [2.45, 2.75) is 33.2 Å². The number of carboxylic acids is 1. The molecule has 0 fully saturated rings. The summed E-state index contributed by atoms with van der Waals surface area (Å²) in [6.45, 7) is 4.15. The van der Waals surface area contributed by atoms with Crippen molar-refractivity contribution in [3.8, 4) is 0 Å². The number of aryl methyl sites for hydroxylation is 1. The van der Waals surface area contributed by atoms with Gasteiger partial charge in [0.1, 0.15) is 0 Å². The fourth-order valence-electron chi connectivity index (χ4n) is 1.75. The summed E-state index contributed by atoms with van der Waals surface area (Å²) >= 11 is 0. The number of aliphatic carboxylic acids is 1. The Bertz CT molecular complexity index is 439. The van der Waals surface area contributed by atoms with E-state index in [-0.39, 0.29) is 12.3 Å². The van der Waals surface area contributed by atoms with Gasteiger partial charge in [-0.2, -0.15) is 0 Å². The number of rotatable bonds is 6. The molecule has 0 saturated carbocycles. The van der Waals surface area contributed by atoms with E-state index in [2.05, 4.69) is 6.92 Å². The quantitative estimate of drug-likeness (QED) is 0.857. The maximum Gasteiger partial charge on any atom is 0.306 e. The molecule has 0 spiro atoms. The van der Waals surface area contributed by atoms with Crippen molar-refractivity contribution in [1.82, 2.24) is 4.90 Å². The summed E-state index contributed by atoms with van der Waals surface area (Å²) in [5.74, 6) is -1.72. The van der Waals surface area contributed by atoms with Crippen LogP contribution in [0.25, 0.3) is 0 Å². The molecule has 4 nitrogen and oxygen atoms in total. The highest BCUT2D eigenvalue weighted by Crippen LogP contribution is 2.10. The van der Waals surface area contributed by atoms with Crippen molar-refractivity contribution in [3.63, 3.8) is 0 Å². The van der Waals surface area contributed by atoms with Gasteiger partial charge in [-0.05, 0) is 17.5 Å². The van der Waals surface area contributed by atoms with Gasteiger partial charge in [0, 0.05) is 20.0 Å². The highest BCUT2D eigenvalue weighted by atomic mass is 16.4. The molecule has 1 aromatic rings. The van der Waals surface area contributed by atoms with Crippen molar-refractivity contribution in [1.29, 1.82) is 0 Å². The molecule has 1 aromatic carbocycles. The molecule has 0 aromatic heterocycles. The smallest absolute Gasteiger partial charge is 0.306 e. The fraction of sp³-hybridized carbons (Fsp3) is 0.467. The van der Waals surface area contributed by atoms with Crippen LogP contribution in [0, 0.1) is 5.92 Å². The summed E-state index contributed by atoms with van der Waals surface area (Å²) in [6.07, 6.45) is 1.03. The van der Waals surface area contributed by atoms with Crippen molar-refractivity contribution < 1.29 is 14.7 Å². The number of benzene rings is 1. The standard InChI is InChI=1S/C15H21NO3/c1-4-12-5-7-13(8-6-12)10-16(3)14(17)9-11(2)15(18)19/h5-8,11H,4,9-10H2,1-3H3,(H,18,19). The van der Waals surface area contributed by atoms with E-state index in [1.54, 1.807) is 18.9 Å². The lowest BCUT2D eigenvalue weighted by Gasteiger charge is -2.18. The summed E-state index contributed by atoms with van der Waals surface area (Å²) < 4.78 is 0. The molecule has 19 heavy (non-hydrogen) atoms. The number of hydrogen-bond donors (Lipinski definition) is 1. The van der Waals surface area contributed by atoms with Crippen molar-refractivity contribution >= 4 is 11.9 Å². The molecule has 0 bridgehead atoms. The van der Waals surface area contributed by atoms with Gasteiger partial charge in [-0.1, -0.05) is 38.1 Å². The third-order valence-electron chi connectivity index (χ3n) is 3.18. The Morgan fingerprint density at radius 3 is 2.21 bits per heavy atom. The number of carbonyl (C=O) groups is 2. The molecule has 0 aliphatic carbocycles. The maximum absolute atomic E-state index is 11.8. The van der Waals surface area contributed by atoms with Crippen molar-refractivity contribution in [2.75, 3.05) is 7.05 Å². The zero-order valence-electron chi connectivity index (χ0n) is 11.7. The number of carboxylic acid groups (broad SMARTS) is 1. The zero-order chi connectivity index (χ0) is 14.4. The summed E-state index contributed by atoms with van der Waals surface area (Å²) in [7, 11) is 1.70. The number of carbonyl (C=O) groups excluding carboxylic acids is 1. The minimum atomic E-state index is -0.936. The van der Waals surface area contributed by atoms with E-state index in [4.69, 9.17) is 5.11 Å². The second-order valence-electron chi connectivity index (χ2n) is 4.86. The van der Waals surface area contributed by atoms with Crippen LogP contribution in [-0.4, -0.2) is 28.9 Å². The Hall–Kier alpha value is -1.84. The summed E-state index contributed by atoms with van der Waals surface area (Å²) in [6, 6.07) is 8.10. The van der Waals surface area contributed by atoms with Crippen LogP contribution < -0.4 is 0 Å². The van der Waals surface area contributed by atoms with E-state index in [0.29, 0.717) is 6.54 Å². The molecule has 0 aliphatic rings. The zero-order valence-corrected chi connectivity index (χ0v) is 11.7. The SMILES string of the molecule is CCc1ccc(CN(C)C(=O)CC(C)C(=O)O)cc1. The molecule has 1 N–H and O–H groups in total. The van der Waals surface area contributed by atoms with Crippen molar-refractivity contribution in [2.24, 2.45) is 5.92 Å². The predicted molar refractivity (Wildman–Crippen MR) is 73.7 cm³/mol. The Labute approximate surface area is 114 Å². The molecule has 0 radical (unpaired) electrons. The average molecular weight is 263 g/mol. The van der Waals surface area contributed by atoms with Crippen LogP contribution in [0.1, 0.15) is 31.4 Å². The van der Waals surface area contributed by atoms with Crippen LogP contribution in [0.4, 0.5) is 0 Å². The van der Waals surface area contributed by atoms with Gasteiger partial charge in [-0.3, -0.25) is 9.59 Å². The molecule has 1 amide bonds. The van der Waals surface area contributed by atoms with Crippen LogP contribution in [0.2, 0.25) is 0 Å². The first-order valence-electron chi connectivity index (χ1n) is 6.48. The van der Waals surface area contributed by atoms with E-state index in [0.717, 1.165) is 12.0 Å². The van der Waals surface area contributed by atoms with Gasteiger partial charge in [0.15, 0.2) is 0 Å². The summed E-state index contributed by atoms with van der Waals surface area (Å²) in [5, 5.41) is 8.79. The molecule has 0 heterocycles. The first-order valence-corrected chi connectivity index (χ1v) is 6.48. The van der Waals surface area contributed by atoms with E-state index >= 15 is 0 Å². The lowest BCUT2D eigenvalue weighted by molar-refractivity contribution is -0.145. The van der Waals surface area contributed by atoms with Gasteiger partial charge in [0.2, 0.25) is 5.91 Å². The van der Waals surface area contributed by atoms with Crippen LogP contribution in [-0.2, 0) is 22.6 Å².